The molecule has 3 rings (SSSR count). The molecule has 1 amide bonds. The molecule has 1 saturated heterocycles. The standard InChI is InChI=1S/C22H26BrClN4O2S/c1-3-27-9-11-28(12-10-27)19-7-6-16(14-18(19)24)25-22(31)26-21(29)15-5-8-20(30-4-2)17(23)13-15/h5-8,13-14H,3-4,9-12H2,1-2H3,(H2,25,26,29,31). The molecule has 6 nitrogen and oxygen atoms in total. The molecule has 0 spiro atoms. The van der Waals surface area contributed by atoms with Gasteiger partial charge in [-0.15, -0.1) is 0 Å². The number of carbonyl (C=O) groups excluding carboxylic acids is 1. The third kappa shape index (κ3) is 6.32. The van der Waals surface area contributed by atoms with E-state index in [9.17, 15) is 4.79 Å². The number of amides is 1. The Balaban J connectivity index is 1.58. The summed E-state index contributed by atoms with van der Waals surface area (Å²) in [6.07, 6.45) is 0. The van der Waals surface area contributed by atoms with Crippen molar-refractivity contribution in [2.75, 3.05) is 49.5 Å². The zero-order valence-electron chi connectivity index (χ0n) is 17.6. The molecular weight excluding hydrogens is 500 g/mol. The normalized spacial score (nSPS) is 14.3. The van der Waals surface area contributed by atoms with Gasteiger partial charge < -0.3 is 19.9 Å². The molecule has 1 aliphatic heterocycles. The first-order chi connectivity index (χ1) is 14.9. The van der Waals surface area contributed by atoms with E-state index in [2.05, 4.69) is 43.3 Å². The van der Waals surface area contributed by atoms with Crippen molar-refractivity contribution in [2.24, 2.45) is 0 Å². The van der Waals surface area contributed by atoms with Crippen LogP contribution < -0.4 is 20.3 Å². The van der Waals surface area contributed by atoms with Crippen molar-refractivity contribution in [3.63, 3.8) is 0 Å². The Hall–Kier alpha value is -1.87. The van der Waals surface area contributed by atoms with E-state index in [1.54, 1.807) is 18.2 Å². The summed E-state index contributed by atoms with van der Waals surface area (Å²) in [5.41, 5.74) is 2.20. The number of carbonyl (C=O) groups is 1. The van der Waals surface area contributed by atoms with E-state index < -0.39 is 0 Å². The second-order valence-electron chi connectivity index (χ2n) is 7.07. The SMILES string of the molecule is CCOc1ccc(C(=O)NC(=S)Nc2ccc(N3CCN(CC)CC3)c(Cl)c2)cc1Br. The number of thiocarbonyl (C=S) groups is 1. The largest absolute Gasteiger partial charge is 0.493 e. The highest BCUT2D eigenvalue weighted by Gasteiger charge is 2.18. The van der Waals surface area contributed by atoms with E-state index in [1.165, 1.54) is 0 Å². The van der Waals surface area contributed by atoms with Crippen molar-refractivity contribution in [3.8, 4) is 5.75 Å². The monoisotopic (exact) mass is 524 g/mol. The second kappa shape index (κ2) is 11.1. The predicted octanol–water partition coefficient (Wildman–Crippen LogP) is 4.77. The number of anilines is 2. The van der Waals surface area contributed by atoms with Gasteiger partial charge in [0.05, 0.1) is 21.8 Å². The number of hydrogen-bond donors (Lipinski definition) is 2. The maximum absolute atomic E-state index is 12.5. The summed E-state index contributed by atoms with van der Waals surface area (Å²) in [4.78, 5) is 17.2. The van der Waals surface area contributed by atoms with Crippen molar-refractivity contribution in [3.05, 3.63) is 51.5 Å². The summed E-state index contributed by atoms with van der Waals surface area (Å²) < 4.78 is 6.18. The number of ether oxygens (including phenoxy) is 1. The van der Waals surface area contributed by atoms with Crippen LogP contribution in [0.15, 0.2) is 40.9 Å². The fourth-order valence-electron chi connectivity index (χ4n) is 3.40. The number of nitrogens with zero attached hydrogens (tertiary/aromatic N) is 2. The van der Waals surface area contributed by atoms with Gasteiger partial charge in [0.25, 0.3) is 5.91 Å². The number of likely N-dealkylation sites (N-methyl/N-ethyl adjacent to an activating group) is 1. The highest BCUT2D eigenvalue weighted by molar-refractivity contribution is 9.10. The average Bonchev–Trinajstić information content (AvgIpc) is 2.75. The van der Waals surface area contributed by atoms with E-state index in [-0.39, 0.29) is 11.0 Å². The van der Waals surface area contributed by atoms with E-state index in [0.717, 1.165) is 44.1 Å². The Morgan fingerprint density at radius 2 is 1.90 bits per heavy atom. The molecule has 0 bridgehead atoms. The van der Waals surface area contributed by atoms with E-state index in [0.29, 0.717) is 27.4 Å². The number of benzene rings is 2. The molecule has 166 valence electrons. The number of halogens is 2. The summed E-state index contributed by atoms with van der Waals surface area (Å²) in [6, 6.07) is 10.9. The molecule has 31 heavy (non-hydrogen) atoms. The molecule has 1 heterocycles. The zero-order chi connectivity index (χ0) is 22.4. The number of nitrogens with one attached hydrogen (secondary N) is 2. The fourth-order valence-corrected chi connectivity index (χ4v) is 4.40. The van der Waals surface area contributed by atoms with E-state index >= 15 is 0 Å². The van der Waals surface area contributed by atoms with Crippen LogP contribution in [0.4, 0.5) is 11.4 Å². The molecule has 0 atom stereocenters. The molecule has 0 aliphatic carbocycles. The summed E-state index contributed by atoms with van der Waals surface area (Å²) in [7, 11) is 0. The molecule has 2 aromatic carbocycles. The smallest absolute Gasteiger partial charge is 0.257 e. The van der Waals surface area contributed by atoms with Crippen molar-refractivity contribution >= 4 is 62.1 Å². The lowest BCUT2D eigenvalue weighted by Gasteiger charge is -2.36. The van der Waals surface area contributed by atoms with E-state index in [4.69, 9.17) is 28.6 Å². The molecule has 0 aromatic heterocycles. The summed E-state index contributed by atoms with van der Waals surface area (Å²) in [6.45, 7) is 9.67. The van der Waals surface area contributed by atoms with E-state index in [1.807, 2.05) is 25.1 Å². The van der Waals surface area contributed by atoms with Gasteiger partial charge in [0.1, 0.15) is 5.75 Å². The molecule has 0 saturated carbocycles. The highest BCUT2D eigenvalue weighted by Crippen LogP contribution is 2.30. The Bertz CT molecular complexity index is 951. The lowest BCUT2D eigenvalue weighted by Crippen LogP contribution is -2.46. The van der Waals surface area contributed by atoms with Crippen LogP contribution in [-0.4, -0.2) is 55.3 Å². The van der Waals surface area contributed by atoms with Crippen LogP contribution in [0.2, 0.25) is 5.02 Å². The van der Waals surface area contributed by atoms with Gasteiger partial charge in [-0.2, -0.15) is 0 Å². The van der Waals surface area contributed by atoms with Crippen LogP contribution in [0.5, 0.6) is 5.75 Å². The molecule has 0 radical (unpaired) electrons. The van der Waals surface area contributed by atoms with Gasteiger partial charge in [-0.1, -0.05) is 18.5 Å². The Labute approximate surface area is 202 Å². The fraction of sp³-hybridized carbons (Fsp3) is 0.364. The summed E-state index contributed by atoms with van der Waals surface area (Å²) in [5.74, 6) is 0.378. The summed E-state index contributed by atoms with van der Waals surface area (Å²) in [5, 5.41) is 6.58. The summed E-state index contributed by atoms with van der Waals surface area (Å²) >= 11 is 15.3. The van der Waals surface area contributed by atoms with Gasteiger partial charge in [-0.05, 0) is 78.0 Å². The quantitative estimate of drug-likeness (QED) is 0.530. The van der Waals surface area contributed by atoms with Gasteiger partial charge in [0, 0.05) is 37.4 Å². The first-order valence-corrected chi connectivity index (χ1v) is 11.8. The van der Waals surface area contributed by atoms with Crippen LogP contribution in [0.1, 0.15) is 24.2 Å². The van der Waals surface area contributed by atoms with Crippen LogP contribution >= 0.6 is 39.7 Å². The average molecular weight is 526 g/mol. The first-order valence-electron chi connectivity index (χ1n) is 10.2. The molecular formula is C22H26BrClN4O2S. The highest BCUT2D eigenvalue weighted by atomic mass is 79.9. The van der Waals surface area contributed by atoms with Crippen LogP contribution in [0, 0.1) is 0 Å². The van der Waals surface area contributed by atoms with Crippen molar-refractivity contribution < 1.29 is 9.53 Å². The Morgan fingerprint density at radius 3 is 2.52 bits per heavy atom. The van der Waals surface area contributed by atoms with Crippen LogP contribution in [-0.2, 0) is 0 Å². The van der Waals surface area contributed by atoms with Crippen LogP contribution in [0.3, 0.4) is 0 Å². The zero-order valence-corrected chi connectivity index (χ0v) is 20.7. The van der Waals surface area contributed by atoms with Crippen molar-refractivity contribution in [2.45, 2.75) is 13.8 Å². The maximum Gasteiger partial charge on any atom is 0.257 e. The molecule has 0 unspecified atom stereocenters. The Morgan fingerprint density at radius 1 is 1.16 bits per heavy atom. The van der Waals surface area contributed by atoms with Gasteiger partial charge in [-0.25, -0.2) is 0 Å². The second-order valence-corrected chi connectivity index (χ2v) is 8.74. The van der Waals surface area contributed by atoms with Gasteiger partial charge >= 0.3 is 0 Å². The third-order valence-electron chi connectivity index (χ3n) is 5.09. The molecule has 2 aromatic rings. The molecule has 9 heteroatoms. The predicted molar refractivity (Wildman–Crippen MR) is 135 cm³/mol. The third-order valence-corrected chi connectivity index (χ3v) is 6.21. The lowest BCUT2D eigenvalue weighted by molar-refractivity contribution is 0.0977. The van der Waals surface area contributed by atoms with Gasteiger partial charge in [-0.3, -0.25) is 10.1 Å². The van der Waals surface area contributed by atoms with Gasteiger partial charge in [0.2, 0.25) is 0 Å². The van der Waals surface area contributed by atoms with Crippen molar-refractivity contribution in [1.82, 2.24) is 10.2 Å². The minimum absolute atomic E-state index is 0.204. The Kier molecular flexibility index (Phi) is 8.54. The van der Waals surface area contributed by atoms with Crippen molar-refractivity contribution in [1.29, 1.82) is 0 Å². The first kappa shape index (κ1) is 23.8. The number of rotatable bonds is 6. The topological polar surface area (TPSA) is 56.8 Å². The minimum atomic E-state index is -0.308. The van der Waals surface area contributed by atoms with Crippen LogP contribution in [0.25, 0.3) is 0 Å². The minimum Gasteiger partial charge on any atom is -0.493 e. The number of hydrogen-bond acceptors (Lipinski definition) is 5. The number of piperazine rings is 1. The molecule has 2 N–H and O–H groups in total. The molecule has 1 fully saturated rings. The molecule has 1 aliphatic rings. The maximum atomic E-state index is 12.5. The van der Waals surface area contributed by atoms with Gasteiger partial charge in [0.15, 0.2) is 5.11 Å². The lowest BCUT2D eigenvalue weighted by atomic mass is 10.2.